The van der Waals surface area contributed by atoms with E-state index in [4.69, 9.17) is 14.2 Å². The van der Waals surface area contributed by atoms with Crippen molar-refractivity contribution in [2.24, 2.45) is 5.10 Å². The number of allylic oxidation sites excluding steroid dienone is 1. The van der Waals surface area contributed by atoms with Crippen molar-refractivity contribution in [1.82, 2.24) is 20.3 Å². The maximum atomic E-state index is 11.4. The Morgan fingerprint density at radius 2 is 1.62 bits per heavy atom. The van der Waals surface area contributed by atoms with Crippen LogP contribution in [0.1, 0.15) is 11.1 Å². The number of carbonyl (C=O) groups excluding carboxylic acids is 1. The maximum absolute atomic E-state index is 11.4. The van der Waals surface area contributed by atoms with Crippen LogP contribution in [0.5, 0.6) is 17.2 Å². The lowest BCUT2D eigenvalue weighted by Gasteiger charge is -2.14. The molecule has 3 aromatic rings. The van der Waals surface area contributed by atoms with Gasteiger partial charge >= 0.3 is 0 Å². The van der Waals surface area contributed by atoms with Gasteiger partial charge in [-0.25, -0.2) is 9.97 Å². The highest BCUT2D eigenvalue weighted by molar-refractivity contribution is 6.09. The molecule has 0 saturated carbocycles. The van der Waals surface area contributed by atoms with Crippen LogP contribution in [-0.2, 0) is 4.79 Å². The first-order valence-electron chi connectivity index (χ1n) is 11.2. The van der Waals surface area contributed by atoms with Crippen LogP contribution in [0.4, 0.5) is 17.6 Å². The van der Waals surface area contributed by atoms with Gasteiger partial charge in [0.2, 0.25) is 29.4 Å². The van der Waals surface area contributed by atoms with E-state index in [0.29, 0.717) is 34.8 Å². The Balaban J connectivity index is 1.43. The number of hydrogen-bond acceptors (Lipinski definition) is 10. The molecule has 12 nitrogen and oxygen atoms in total. The molecule has 0 bridgehead atoms. The molecule has 1 amide bonds. The van der Waals surface area contributed by atoms with Crippen molar-refractivity contribution in [1.29, 1.82) is 0 Å². The number of likely N-dealkylation sites (N-methyl/N-ethyl adjacent to an activating group) is 1. The molecule has 5 N–H and O–H groups in total. The van der Waals surface area contributed by atoms with E-state index < -0.39 is 0 Å². The van der Waals surface area contributed by atoms with Crippen LogP contribution in [0.2, 0.25) is 0 Å². The molecule has 0 saturated heterocycles. The molecule has 2 aromatic carbocycles. The fourth-order valence-electron chi connectivity index (χ4n) is 3.44. The van der Waals surface area contributed by atoms with Gasteiger partial charge < -0.3 is 24.8 Å². The summed E-state index contributed by atoms with van der Waals surface area (Å²) in [6, 6.07) is 11.2. The van der Waals surface area contributed by atoms with Crippen LogP contribution >= 0.6 is 0 Å². The van der Waals surface area contributed by atoms with Crippen molar-refractivity contribution in [2.75, 3.05) is 39.0 Å². The molecule has 1 aliphatic rings. The van der Waals surface area contributed by atoms with Gasteiger partial charge in [-0.1, -0.05) is 29.4 Å². The lowest BCUT2D eigenvalue weighted by Crippen LogP contribution is -2.76. The average Bonchev–Trinajstić information content (AvgIpc) is 3.39. The second kappa shape index (κ2) is 11.6. The Hall–Kier alpha value is -4.97. The summed E-state index contributed by atoms with van der Waals surface area (Å²) in [5.41, 5.74) is 4.98. The monoisotopic (exact) mass is 503 g/mol. The minimum atomic E-state index is -0.155. The smallest absolute Gasteiger partial charge is 0.243 e. The summed E-state index contributed by atoms with van der Waals surface area (Å²) >= 11 is 0. The number of hydrogen-bond donors (Lipinski definition) is 4. The van der Waals surface area contributed by atoms with Gasteiger partial charge in [-0.05, 0) is 11.6 Å². The zero-order chi connectivity index (χ0) is 26.2. The zero-order valence-corrected chi connectivity index (χ0v) is 20.8. The summed E-state index contributed by atoms with van der Waals surface area (Å²) in [4.78, 5) is 24.2. The molecule has 4 rings (SSSR count). The van der Waals surface area contributed by atoms with Gasteiger partial charge in [-0.3, -0.25) is 10.1 Å². The van der Waals surface area contributed by atoms with Crippen molar-refractivity contribution < 1.29 is 24.4 Å². The number of ether oxygens (including phenoxy) is 3. The molecule has 0 radical (unpaired) electrons. The summed E-state index contributed by atoms with van der Waals surface area (Å²) in [5, 5.41) is 13.3. The van der Waals surface area contributed by atoms with Gasteiger partial charge in [0.25, 0.3) is 0 Å². The van der Waals surface area contributed by atoms with Crippen molar-refractivity contribution in [3.8, 4) is 17.2 Å². The molecule has 0 atom stereocenters. The normalized spacial score (nSPS) is 12.5. The highest BCUT2D eigenvalue weighted by Gasteiger charge is 2.17. The number of rotatable bonds is 10. The number of nitrogens with one attached hydrogen (secondary N) is 3. The number of benzene rings is 2. The average molecular weight is 504 g/mol. The predicted octanol–water partition coefficient (Wildman–Crippen LogP) is 1.63. The number of aromatic nitrogens is 3. The topological polar surface area (TPSA) is 148 Å². The summed E-state index contributed by atoms with van der Waals surface area (Å²) in [6.07, 6.45) is 6.53. The number of carbonyl (C=O) groups is 1. The molecule has 0 fully saturated rings. The fourth-order valence-corrected chi connectivity index (χ4v) is 3.44. The van der Waals surface area contributed by atoms with Gasteiger partial charge in [-0.15, -0.1) is 0 Å². The molecule has 0 spiro atoms. The Kier molecular flexibility index (Phi) is 7.91. The minimum Gasteiger partial charge on any atom is -0.493 e. The van der Waals surface area contributed by atoms with Gasteiger partial charge in [0.15, 0.2) is 11.5 Å². The van der Waals surface area contributed by atoms with Crippen LogP contribution in [0.3, 0.4) is 0 Å². The first-order valence-corrected chi connectivity index (χ1v) is 11.2. The van der Waals surface area contributed by atoms with Crippen LogP contribution in [0.25, 0.3) is 6.08 Å². The molecule has 1 aromatic heterocycles. The summed E-state index contributed by atoms with van der Waals surface area (Å²) < 4.78 is 16.1. The third-order valence-corrected chi connectivity index (χ3v) is 5.26. The highest BCUT2D eigenvalue weighted by atomic mass is 16.5. The van der Waals surface area contributed by atoms with Crippen LogP contribution < -0.4 is 35.6 Å². The molecular formula is C25H27N8O4+. The quantitative estimate of drug-likeness (QED) is 0.239. The molecular weight excluding hydrogens is 476 g/mol. The molecule has 0 unspecified atom stereocenters. The van der Waals surface area contributed by atoms with E-state index in [1.165, 1.54) is 12.4 Å². The minimum absolute atomic E-state index is 0.155. The van der Waals surface area contributed by atoms with Crippen molar-refractivity contribution in [2.45, 2.75) is 0 Å². The van der Waals surface area contributed by atoms with Crippen LogP contribution in [0.15, 0.2) is 65.8 Å². The molecule has 12 heteroatoms. The second-order valence-electron chi connectivity index (χ2n) is 7.61. The van der Waals surface area contributed by atoms with Crippen molar-refractivity contribution >= 4 is 35.3 Å². The number of anilines is 3. The standard InChI is InChI=1S/C25H26N8O4/c1-26-22(34)10-7-15-5-8-16(9-6-15)18-13-21(33-32-18)30-25-28-14-27-24(31-25)29-17-11-19(35-2)23(37-4)20(12-17)36-3/h5-14H,1-4H3,(H,26,34)(H3,27,28,29,30,31,32,33)/p+1/b10-7+. The fraction of sp³-hybridized carbons (Fsp3) is 0.160. The molecule has 0 aliphatic carbocycles. The van der Waals surface area contributed by atoms with Crippen LogP contribution in [0, 0.1) is 0 Å². The van der Waals surface area contributed by atoms with E-state index in [2.05, 4.69) is 36.0 Å². The van der Waals surface area contributed by atoms with Crippen molar-refractivity contribution in [3.05, 3.63) is 71.8 Å². The molecule has 2 heterocycles. The Morgan fingerprint density at radius 1 is 0.946 bits per heavy atom. The largest absolute Gasteiger partial charge is 0.493 e. The number of nitrogens with zero attached hydrogens (tertiary/aromatic N) is 4. The first kappa shape index (κ1) is 25.1. The Morgan fingerprint density at radius 3 is 2.24 bits per heavy atom. The lowest BCUT2D eigenvalue weighted by molar-refractivity contribution is -0.606. The Labute approximate surface area is 213 Å². The predicted molar refractivity (Wildman–Crippen MR) is 139 cm³/mol. The summed E-state index contributed by atoms with van der Waals surface area (Å²) in [7, 11) is 6.23. The van der Waals surface area contributed by atoms with Crippen molar-refractivity contribution in [3.63, 3.8) is 0 Å². The van der Waals surface area contributed by atoms with E-state index in [0.717, 1.165) is 22.7 Å². The maximum Gasteiger partial charge on any atom is 0.243 e. The Bertz CT molecular complexity index is 1340. The van der Waals surface area contributed by atoms with Gasteiger partial charge in [0, 0.05) is 36.5 Å². The highest BCUT2D eigenvalue weighted by Crippen LogP contribution is 2.40. The third kappa shape index (κ3) is 6.18. The number of methoxy groups -OCH3 is 3. The molecule has 1 aliphatic heterocycles. The number of quaternary nitrogens is 1. The summed E-state index contributed by atoms with van der Waals surface area (Å²) in [5.74, 6) is 2.74. The van der Waals surface area contributed by atoms with E-state index in [1.807, 2.05) is 30.3 Å². The second-order valence-corrected chi connectivity index (χ2v) is 7.61. The van der Waals surface area contributed by atoms with E-state index >= 15 is 0 Å². The lowest BCUT2D eigenvalue weighted by atomic mass is 10.1. The van der Waals surface area contributed by atoms with E-state index in [-0.39, 0.29) is 5.91 Å². The first-order chi connectivity index (χ1) is 18.0. The van der Waals surface area contributed by atoms with E-state index in [9.17, 15) is 4.79 Å². The van der Waals surface area contributed by atoms with Gasteiger partial charge in [0.1, 0.15) is 12.0 Å². The number of amides is 1. The van der Waals surface area contributed by atoms with Gasteiger partial charge in [-0.2, -0.15) is 10.4 Å². The molecule has 190 valence electrons. The van der Waals surface area contributed by atoms with Gasteiger partial charge in [0.05, 0.1) is 27.4 Å². The number of nitrogens with two attached hydrogens (primary N) is 1. The SMILES string of the molecule is CNC(=O)/C=C/c1ccc(C2=N[NH2+]C(Nc3ncnc(Nc4cc(OC)c(OC)c(OC)c4)n3)=C2)cc1. The summed E-state index contributed by atoms with van der Waals surface area (Å²) in [6.45, 7) is 0. The zero-order valence-electron chi connectivity index (χ0n) is 20.8. The van der Waals surface area contributed by atoms with Crippen LogP contribution in [-0.4, -0.2) is 54.9 Å². The third-order valence-electron chi connectivity index (χ3n) is 5.26. The van der Waals surface area contributed by atoms with E-state index in [1.54, 1.807) is 52.0 Å². The molecule has 37 heavy (non-hydrogen) atoms.